The topological polar surface area (TPSA) is 285 Å². The number of rotatable bonds is 12. The number of hydrogen-bond acceptors (Lipinski definition) is 20. The van der Waals surface area contributed by atoms with E-state index in [1.807, 2.05) is 0 Å². The Morgan fingerprint density at radius 1 is 0.673 bits per heavy atom. The lowest BCUT2D eigenvalue weighted by Gasteiger charge is -2.51. The highest BCUT2D eigenvalue weighted by Gasteiger charge is 2.57. The van der Waals surface area contributed by atoms with Gasteiger partial charge in [0.25, 0.3) is 0 Å². The van der Waals surface area contributed by atoms with Crippen molar-refractivity contribution in [2.24, 2.45) is 17.2 Å². The fraction of sp³-hybridized carbons (Fsp3) is 0.812. The first kappa shape index (κ1) is 42.9. The fourth-order valence-corrected chi connectivity index (χ4v) is 6.88. The van der Waals surface area contributed by atoms with Gasteiger partial charge in [-0.1, -0.05) is 0 Å². The number of nitrogens with two attached hydrogens (primary N) is 3. The van der Waals surface area contributed by atoms with Crippen LogP contribution in [-0.2, 0) is 76.1 Å². The quantitative estimate of drug-likeness (QED) is 0.122. The summed E-state index contributed by atoms with van der Waals surface area (Å²) in [4.78, 5) is 73.0. The van der Waals surface area contributed by atoms with Crippen LogP contribution in [0.4, 0.5) is 0 Å². The molecule has 15 atom stereocenters. The number of likely N-dealkylation sites (N-methyl/N-ethyl adjacent to an activating group) is 1. The highest BCUT2D eigenvalue weighted by Crippen LogP contribution is 2.36. The normalized spacial score (nSPS) is 38.2. The van der Waals surface area contributed by atoms with Crippen molar-refractivity contribution in [3.63, 3.8) is 0 Å². The largest absolute Gasteiger partial charge is 0.460 e. The number of carbonyl (C=O) groups excluding carboxylic acids is 6. The number of esters is 6. The molecular weight excluding hydrogens is 696 g/mol. The molecule has 1 saturated carbocycles. The Morgan fingerprint density at radius 3 is 1.63 bits per heavy atom. The van der Waals surface area contributed by atoms with Crippen LogP contribution in [0.3, 0.4) is 0 Å². The molecule has 20 heteroatoms. The molecule has 0 radical (unpaired) electrons. The van der Waals surface area contributed by atoms with Crippen LogP contribution in [0.25, 0.3) is 0 Å². The van der Waals surface area contributed by atoms with Gasteiger partial charge in [0, 0.05) is 53.6 Å². The second kappa shape index (κ2) is 18.0. The van der Waals surface area contributed by atoms with Gasteiger partial charge >= 0.3 is 35.8 Å². The van der Waals surface area contributed by atoms with E-state index in [0.29, 0.717) is 0 Å². The molecule has 0 spiro atoms. The van der Waals surface area contributed by atoms with Crippen LogP contribution in [0.5, 0.6) is 0 Å². The van der Waals surface area contributed by atoms with E-state index < -0.39 is 127 Å². The Labute approximate surface area is 301 Å². The van der Waals surface area contributed by atoms with Crippen LogP contribution >= 0.6 is 0 Å². The molecule has 3 rings (SSSR count). The van der Waals surface area contributed by atoms with Crippen molar-refractivity contribution < 1.29 is 76.1 Å². The maximum absolute atomic E-state index is 12.5. The Morgan fingerprint density at radius 2 is 1.15 bits per heavy atom. The molecule has 1 aliphatic carbocycles. The Kier molecular flexibility index (Phi) is 14.9. The molecule has 2 saturated heterocycles. The van der Waals surface area contributed by atoms with E-state index in [1.165, 1.54) is 20.8 Å². The average Bonchev–Trinajstić information content (AvgIpc) is 2.99. The third-order valence-corrected chi connectivity index (χ3v) is 8.75. The average molecular weight is 749 g/mol. The smallest absolute Gasteiger partial charge is 0.303 e. The molecule has 52 heavy (non-hydrogen) atoms. The third kappa shape index (κ3) is 10.6. The van der Waals surface area contributed by atoms with Crippen molar-refractivity contribution >= 4 is 35.8 Å². The van der Waals surface area contributed by atoms with Gasteiger partial charge in [0.1, 0.15) is 24.4 Å². The summed E-state index contributed by atoms with van der Waals surface area (Å²) >= 11 is 0. The first-order chi connectivity index (χ1) is 24.2. The second-order valence-corrected chi connectivity index (χ2v) is 13.3. The summed E-state index contributed by atoms with van der Waals surface area (Å²) in [5.74, 6) is -4.29. The van der Waals surface area contributed by atoms with E-state index in [0.717, 1.165) is 27.7 Å². The third-order valence-electron chi connectivity index (χ3n) is 8.75. The Balaban J connectivity index is 2.01. The highest BCUT2D eigenvalue weighted by atomic mass is 16.7. The lowest BCUT2D eigenvalue weighted by atomic mass is 9.83. The van der Waals surface area contributed by atoms with Gasteiger partial charge < -0.3 is 69.9 Å². The molecule has 0 bridgehead atoms. The van der Waals surface area contributed by atoms with E-state index in [2.05, 4.69) is 5.32 Å². The molecule has 0 aromatic carbocycles. The van der Waals surface area contributed by atoms with Crippen molar-refractivity contribution in [3.8, 4) is 0 Å². The number of nitrogens with one attached hydrogen (secondary N) is 1. The molecule has 3 aliphatic rings. The molecule has 2 heterocycles. The minimum atomic E-state index is -1.50. The zero-order valence-corrected chi connectivity index (χ0v) is 30.8. The van der Waals surface area contributed by atoms with Crippen molar-refractivity contribution in [2.45, 2.75) is 153 Å². The molecule has 0 amide bonds. The zero-order chi connectivity index (χ0) is 39.2. The summed E-state index contributed by atoms with van der Waals surface area (Å²) in [6, 6.07) is -4.02. The van der Waals surface area contributed by atoms with Crippen molar-refractivity contribution in [3.05, 3.63) is 0 Å². The van der Waals surface area contributed by atoms with Gasteiger partial charge in [-0.3, -0.25) is 28.8 Å². The second-order valence-electron chi connectivity index (χ2n) is 13.3. The predicted molar refractivity (Wildman–Crippen MR) is 173 cm³/mol. The van der Waals surface area contributed by atoms with Crippen LogP contribution in [0.1, 0.15) is 61.8 Å². The summed E-state index contributed by atoms with van der Waals surface area (Å²) < 4.78 is 58.0. The van der Waals surface area contributed by atoms with Gasteiger partial charge in [-0.15, -0.1) is 0 Å². The Hall–Kier alpha value is -3.50. The van der Waals surface area contributed by atoms with Gasteiger partial charge in [0.05, 0.1) is 18.7 Å². The minimum absolute atomic E-state index is 0.0252. The maximum atomic E-state index is 12.5. The van der Waals surface area contributed by atoms with Gasteiger partial charge in [-0.25, -0.2) is 0 Å². The molecular formula is C32H52N4O16. The first-order valence-electron chi connectivity index (χ1n) is 16.8. The van der Waals surface area contributed by atoms with E-state index in [4.69, 9.17) is 64.6 Å². The summed E-state index contributed by atoms with van der Waals surface area (Å²) in [5.41, 5.74) is 18.3. The highest BCUT2D eigenvalue weighted by molar-refractivity contribution is 5.68. The minimum Gasteiger partial charge on any atom is -0.460 e. The lowest BCUT2D eigenvalue weighted by molar-refractivity contribution is -0.322. The molecule has 20 nitrogen and oxygen atoms in total. The molecule has 7 N–H and O–H groups in total. The molecule has 9 unspecified atom stereocenters. The molecule has 3 fully saturated rings. The standard InChI is InChI=1S/C32H52N4O16/c1-12(44-13(2)37)22-26(46-15(4)39)25(45-14(3)38)21(35)30(49-22)50-23-19(33)10-20(34)24(27(23)47-16(5)40)51-31-28(48-17(6)41)29(36-9)32(8,11-43-31)52-18(7)42/h12,19-31,36H,10-11,33-35H2,1-9H3/t12-,19?,20-,21?,22?,23-,24?,25?,26-,27?,28-,29?,30-,31?,32?/m1/s1. The fourth-order valence-electron chi connectivity index (χ4n) is 6.88. The first-order valence-corrected chi connectivity index (χ1v) is 16.8. The predicted octanol–water partition coefficient (Wildman–Crippen LogP) is -2.19. The van der Waals surface area contributed by atoms with Gasteiger partial charge in [-0.05, 0) is 27.3 Å². The van der Waals surface area contributed by atoms with Crippen LogP contribution < -0.4 is 22.5 Å². The summed E-state index contributed by atoms with van der Waals surface area (Å²) in [7, 11) is 1.57. The van der Waals surface area contributed by atoms with Gasteiger partial charge in [0.15, 0.2) is 42.6 Å². The van der Waals surface area contributed by atoms with E-state index in [9.17, 15) is 28.8 Å². The van der Waals surface area contributed by atoms with Crippen LogP contribution in [-0.4, -0.2) is 141 Å². The zero-order valence-electron chi connectivity index (χ0n) is 30.8. The van der Waals surface area contributed by atoms with E-state index in [1.54, 1.807) is 14.0 Å². The van der Waals surface area contributed by atoms with Crippen molar-refractivity contribution in [1.29, 1.82) is 0 Å². The summed E-state index contributed by atoms with van der Waals surface area (Å²) in [5, 5.41) is 3.01. The lowest BCUT2D eigenvalue weighted by Crippen LogP contribution is -2.71. The SMILES string of the molecule is CNC1[C@@H](OC(C)=O)C(OC2C(OC(C)=O)[C@H](O[C@H]3OC([C@@H](C)OC(C)=O)[C@@H](OC(C)=O)C(OC(C)=O)C3N)C(N)C[C@H]2N)OCC1(C)OC(C)=O. The van der Waals surface area contributed by atoms with E-state index >= 15 is 0 Å². The number of carbonyl (C=O) groups is 6. The number of ether oxygens (including phenoxy) is 10. The van der Waals surface area contributed by atoms with Gasteiger partial charge in [0.2, 0.25) is 0 Å². The molecule has 0 aromatic heterocycles. The monoisotopic (exact) mass is 748 g/mol. The summed E-state index contributed by atoms with van der Waals surface area (Å²) in [6.45, 7) is 9.80. The van der Waals surface area contributed by atoms with E-state index in [-0.39, 0.29) is 13.0 Å². The molecule has 296 valence electrons. The van der Waals surface area contributed by atoms with Crippen molar-refractivity contribution in [1.82, 2.24) is 5.32 Å². The number of hydrogen-bond donors (Lipinski definition) is 4. The maximum Gasteiger partial charge on any atom is 0.303 e. The van der Waals surface area contributed by atoms with Gasteiger partial charge in [-0.2, -0.15) is 0 Å². The van der Waals surface area contributed by atoms with Crippen molar-refractivity contribution in [2.75, 3.05) is 13.7 Å². The molecule has 2 aliphatic heterocycles. The molecule has 0 aromatic rings. The Bertz CT molecular complexity index is 1320. The van der Waals surface area contributed by atoms with Crippen LogP contribution in [0.2, 0.25) is 0 Å². The van der Waals surface area contributed by atoms with Crippen LogP contribution in [0.15, 0.2) is 0 Å². The summed E-state index contributed by atoms with van der Waals surface area (Å²) in [6.07, 6.45) is -12.9. The van der Waals surface area contributed by atoms with Crippen LogP contribution in [0, 0.1) is 0 Å².